The number of hydrogen-bond donors (Lipinski definition) is 1. The minimum absolute atomic E-state index is 0.0207. The summed E-state index contributed by atoms with van der Waals surface area (Å²) in [6.07, 6.45) is 7.11. The van der Waals surface area contributed by atoms with Crippen LogP contribution in [0.3, 0.4) is 0 Å². The highest BCUT2D eigenvalue weighted by molar-refractivity contribution is 7.90. The number of carboxylic acid groups (broad SMARTS) is 1. The van der Waals surface area contributed by atoms with Gasteiger partial charge in [0, 0.05) is 11.8 Å². The molecule has 0 spiro atoms. The molecule has 0 radical (unpaired) electrons. The van der Waals surface area contributed by atoms with Gasteiger partial charge in [-0.15, -0.1) is 0 Å². The second-order valence-electron chi connectivity index (χ2n) is 9.03. The van der Waals surface area contributed by atoms with Gasteiger partial charge in [-0.05, 0) is 48.2 Å². The maximum atomic E-state index is 14.0. The third-order valence-electron chi connectivity index (χ3n) is 6.09. The molecule has 1 N–H and O–H groups in total. The van der Waals surface area contributed by atoms with E-state index in [0.717, 1.165) is 56.6 Å². The van der Waals surface area contributed by atoms with Gasteiger partial charge in [0.25, 0.3) is 0 Å². The number of unbranched alkanes of at least 4 members (excludes halogenated alkanes) is 3. The van der Waals surface area contributed by atoms with Crippen LogP contribution in [0.2, 0.25) is 0 Å². The lowest BCUT2D eigenvalue weighted by atomic mass is 9.94. The van der Waals surface area contributed by atoms with Gasteiger partial charge < -0.3 is 9.84 Å². The second kappa shape index (κ2) is 14.0. The number of carboxylic acids is 1. The Hall–Kier alpha value is -3.07. The molecule has 6 nitrogen and oxygen atoms in total. The van der Waals surface area contributed by atoms with Crippen LogP contribution in [-0.2, 0) is 24.2 Å². The highest BCUT2D eigenvalue weighted by atomic mass is 32.2. The molecule has 0 aliphatic carbocycles. The highest BCUT2D eigenvalue weighted by Crippen LogP contribution is 2.30. The van der Waals surface area contributed by atoms with Crippen molar-refractivity contribution in [3.63, 3.8) is 0 Å². The molecular weight excluding hydrogens is 502 g/mol. The number of hydrogen-bond acceptors (Lipinski definition) is 5. The fourth-order valence-electron chi connectivity index (χ4n) is 4.09. The molecular formula is C28H34F2O6S. The zero-order valence-corrected chi connectivity index (χ0v) is 22.2. The quantitative estimate of drug-likeness (QED) is 0.132. The Labute approximate surface area is 217 Å². The molecule has 0 aliphatic rings. The van der Waals surface area contributed by atoms with E-state index < -0.39 is 40.0 Å². The topological polar surface area (TPSA) is 97.7 Å². The van der Waals surface area contributed by atoms with Crippen molar-refractivity contribution in [1.82, 2.24) is 0 Å². The highest BCUT2D eigenvalue weighted by Gasteiger charge is 2.24. The Morgan fingerprint density at radius 3 is 2.08 bits per heavy atom. The van der Waals surface area contributed by atoms with E-state index in [4.69, 9.17) is 4.74 Å². The van der Waals surface area contributed by atoms with Crippen molar-refractivity contribution in [2.24, 2.45) is 5.92 Å². The van der Waals surface area contributed by atoms with Crippen molar-refractivity contribution < 1.29 is 36.6 Å². The number of aliphatic carboxylic acids is 1. The second-order valence-corrected chi connectivity index (χ2v) is 11.0. The molecule has 0 saturated carbocycles. The summed E-state index contributed by atoms with van der Waals surface area (Å²) in [5.41, 5.74) is -0.187. The largest absolute Gasteiger partial charge is 0.478 e. The molecule has 1 atom stereocenters. The summed E-state index contributed by atoms with van der Waals surface area (Å²) in [7, 11) is -3.51. The van der Waals surface area contributed by atoms with Gasteiger partial charge in [-0.2, -0.15) is 0 Å². The van der Waals surface area contributed by atoms with Crippen LogP contribution in [0.25, 0.3) is 11.1 Å². The molecule has 9 heteroatoms. The molecule has 0 amide bonds. The van der Waals surface area contributed by atoms with Crippen molar-refractivity contribution in [2.75, 3.05) is 12.9 Å². The lowest BCUT2D eigenvalue weighted by molar-refractivity contribution is -0.147. The smallest absolute Gasteiger partial charge is 0.336 e. The Bertz CT molecular complexity index is 1220. The lowest BCUT2D eigenvalue weighted by Crippen LogP contribution is -2.20. The van der Waals surface area contributed by atoms with Crippen LogP contribution in [0.5, 0.6) is 0 Å². The molecule has 0 saturated heterocycles. The fourth-order valence-corrected chi connectivity index (χ4v) is 4.72. The van der Waals surface area contributed by atoms with Gasteiger partial charge in [0.15, 0.2) is 21.5 Å². The van der Waals surface area contributed by atoms with E-state index in [-0.39, 0.29) is 33.1 Å². The van der Waals surface area contributed by atoms with Crippen molar-refractivity contribution in [2.45, 2.75) is 63.7 Å². The van der Waals surface area contributed by atoms with Crippen LogP contribution in [0.1, 0.15) is 69.9 Å². The first kappa shape index (κ1) is 30.2. The summed E-state index contributed by atoms with van der Waals surface area (Å²) >= 11 is 0. The van der Waals surface area contributed by atoms with Crippen molar-refractivity contribution in [1.29, 1.82) is 0 Å². The third-order valence-corrected chi connectivity index (χ3v) is 7.22. The Kier molecular flexibility index (Phi) is 11.4. The maximum Gasteiger partial charge on any atom is 0.336 e. The molecule has 0 fully saturated rings. The molecule has 202 valence electrons. The summed E-state index contributed by atoms with van der Waals surface area (Å²) in [6, 6.07) is 8.13. The van der Waals surface area contributed by atoms with Gasteiger partial charge in [0.1, 0.15) is 6.61 Å². The van der Waals surface area contributed by atoms with Crippen LogP contribution in [-0.4, -0.2) is 38.3 Å². The first-order valence-electron chi connectivity index (χ1n) is 12.4. The van der Waals surface area contributed by atoms with Gasteiger partial charge in [0.05, 0.1) is 16.4 Å². The summed E-state index contributed by atoms with van der Waals surface area (Å²) in [6.45, 7) is 3.63. The number of benzene rings is 2. The molecule has 37 heavy (non-hydrogen) atoms. The summed E-state index contributed by atoms with van der Waals surface area (Å²) in [5, 5.41) is 10.0. The molecule has 0 unspecified atom stereocenters. The molecule has 0 aromatic heterocycles. The van der Waals surface area contributed by atoms with Gasteiger partial charge in [-0.1, -0.05) is 64.2 Å². The Morgan fingerprint density at radius 2 is 1.54 bits per heavy atom. The van der Waals surface area contributed by atoms with Crippen LogP contribution < -0.4 is 0 Å². The molecule has 2 aromatic rings. The summed E-state index contributed by atoms with van der Waals surface area (Å²) in [4.78, 5) is 25.3. The summed E-state index contributed by atoms with van der Waals surface area (Å²) < 4.78 is 56.9. The standard InChI is InChI=1S/C28H34F2O6S/c1-4-6-7-8-10-20(9-5-2)28(33)36-18-23(19-11-14-22(15-12-19)37(3,34)35)26(27(31)32)21-13-16-24(29)25(30)17-21/h11-17,20H,4-10,18H2,1-3H3,(H,31,32)/t20-/m1/s1. The number of carbonyl (C=O) groups excluding carboxylic acids is 1. The molecule has 0 heterocycles. The minimum atomic E-state index is -3.51. The number of rotatable bonds is 14. The number of halogens is 2. The fraction of sp³-hybridized carbons (Fsp3) is 0.429. The van der Waals surface area contributed by atoms with Crippen molar-refractivity contribution in [3.05, 3.63) is 65.2 Å². The van der Waals surface area contributed by atoms with E-state index in [2.05, 4.69) is 6.92 Å². The van der Waals surface area contributed by atoms with Gasteiger partial charge >= 0.3 is 11.9 Å². The van der Waals surface area contributed by atoms with Crippen LogP contribution in [0.4, 0.5) is 8.78 Å². The zero-order chi connectivity index (χ0) is 27.6. The predicted octanol–water partition coefficient (Wildman–Crippen LogP) is 6.29. The van der Waals surface area contributed by atoms with Gasteiger partial charge in [-0.3, -0.25) is 4.79 Å². The average Bonchev–Trinajstić information content (AvgIpc) is 2.84. The normalized spacial score (nSPS) is 13.1. The van der Waals surface area contributed by atoms with E-state index >= 15 is 0 Å². The van der Waals surface area contributed by atoms with Gasteiger partial charge in [-0.25, -0.2) is 22.0 Å². The van der Waals surface area contributed by atoms with Crippen LogP contribution in [0.15, 0.2) is 47.4 Å². The first-order valence-corrected chi connectivity index (χ1v) is 14.3. The SMILES string of the molecule is CCCCCC[C@@H](CCC)C(=O)OCC(=C(C(=O)O)c1ccc(F)c(F)c1)c1ccc(S(C)(=O)=O)cc1. The number of ether oxygens (including phenoxy) is 1. The number of esters is 1. The maximum absolute atomic E-state index is 14.0. The summed E-state index contributed by atoms with van der Waals surface area (Å²) in [5.74, 6) is -4.60. The van der Waals surface area contributed by atoms with Gasteiger partial charge in [0.2, 0.25) is 0 Å². The average molecular weight is 537 g/mol. The molecule has 2 aromatic carbocycles. The zero-order valence-electron chi connectivity index (χ0n) is 21.4. The number of carbonyl (C=O) groups is 2. The lowest BCUT2D eigenvalue weighted by Gasteiger charge is -2.18. The monoisotopic (exact) mass is 536 g/mol. The third kappa shape index (κ3) is 8.77. The van der Waals surface area contributed by atoms with E-state index in [9.17, 15) is 31.9 Å². The van der Waals surface area contributed by atoms with E-state index in [1.165, 1.54) is 24.3 Å². The van der Waals surface area contributed by atoms with Crippen molar-refractivity contribution >= 4 is 32.9 Å². The Balaban J connectivity index is 2.49. The molecule has 2 rings (SSSR count). The van der Waals surface area contributed by atoms with Crippen LogP contribution in [0, 0.1) is 17.6 Å². The van der Waals surface area contributed by atoms with E-state index in [0.29, 0.717) is 12.8 Å². The molecule has 0 aliphatic heterocycles. The van der Waals surface area contributed by atoms with E-state index in [1.54, 1.807) is 0 Å². The van der Waals surface area contributed by atoms with Crippen molar-refractivity contribution in [3.8, 4) is 0 Å². The van der Waals surface area contributed by atoms with Crippen LogP contribution >= 0.6 is 0 Å². The minimum Gasteiger partial charge on any atom is -0.478 e. The predicted molar refractivity (Wildman–Crippen MR) is 138 cm³/mol. The Morgan fingerprint density at radius 1 is 0.892 bits per heavy atom. The number of sulfone groups is 1. The van der Waals surface area contributed by atoms with E-state index in [1.807, 2.05) is 6.92 Å². The first-order chi connectivity index (χ1) is 17.5. The molecule has 0 bridgehead atoms.